The van der Waals surface area contributed by atoms with Crippen LogP contribution in [0.1, 0.15) is 11.1 Å². The molecular formula is C22H20N4O3S. The van der Waals surface area contributed by atoms with Gasteiger partial charge in [0, 0.05) is 16.6 Å². The fraction of sp³-hybridized carbons (Fsp3) is 0.0909. The smallest absolute Gasteiger partial charge is 0.238 e. The van der Waals surface area contributed by atoms with Gasteiger partial charge in [0.05, 0.1) is 16.8 Å². The molecule has 0 radical (unpaired) electrons. The number of aromatic nitrogens is 2. The van der Waals surface area contributed by atoms with E-state index in [-0.39, 0.29) is 17.2 Å². The number of fused-ring (bicyclic) bond motifs is 1. The van der Waals surface area contributed by atoms with Crippen LogP contribution in [0, 0.1) is 6.92 Å². The molecule has 3 aromatic carbocycles. The second-order valence-corrected chi connectivity index (χ2v) is 8.68. The van der Waals surface area contributed by atoms with Crippen LogP contribution in [0.5, 0.6) is 0 Å². The molecule has 0 unspecified atom stereocenters. The third-order valence-electron chi connectivity index (χ3n) is 4.73. The summed E-state index contributed by atoms with van der Waals surface area (Å²) in [6.45, 7) is 1.99. The SMILES string of the molecule is Cc1cccc(CC(=O)Nc2ccc3[nH]nc(-c4cccc(S(N)(=O)=O)c4)c3c2)c1. The molecular weight excluding hydrogens is 400 g/mol. The molecule has 4 rings (SSSR count). The lowest BCUT2D eigenvalue weighted by molar-refractivity contribution is -0.115. The van der Waals surface area contributed by atoms with Crippen molar-refractivity contribution in [2.75, 3.05) is 5.32 Å². The molecule has 0 aliphatic rings. The first-order valence-electron chi connectivity index (χ1n) is 9.26. The van der Waals surface area contributed by atoms with Gasteiger partial charge in [0.2, 0.25) is 15.9 Å². The van der Waals surface area contributed by atoms with E-state index in [0.29, 0.717) is 16.9 Å². The van der Waals surface area contributed by atoms with E-state index >= 15 is 0 Å². The molecule has 7 nitrogen and oxygen atoms in total. The number of carbonyl (C=O) groups is 1. The Hall–Kier alpha value is -3.49. The first-order valence-corrected chi connectivity index (χ1v) is 10.8. The highest BCUT2D eigenvalue weighted by molar-refractivity contribution is 7.89. The standard InChI is InChI=1S/C22H20N4O3S/c1-14-4-2-5-15(10-14)11-21(27)24-17-8-9-20-19(13-17)22(26-25-20)16-6-3-7-18(12-16)30(23,28)29/h2-10,12-13H,11H2,1H3,(H,24,27)(H,25,26)(H2,23,28,29). The molecule has 0 atom stereocenters. The van der Waals surface area contributed by atoms with Gasteiger partial charge in [0.15, 0.2) is 0 Å². The van der Waals surface area contributed by atoms with Crippen molar-refractivity contribution < 1.29 is 13.2 Å². The number of aryl methyl sites for hydroxylation is 1. The molecule has 1 heterocycles. The molecule has 4 N–H and O–H groups in total. The number of primary sulfonamides is 1. The fourth-order valence-electron chi connectivity index (χ4n) is 3.34. The number of hydrogen-bond donors (Lipinski definition) is 3. The largest absolute Gasteiger partial charge is 0.326 e. The van der Waals surface area contributed by atoms with Crippen molar-refractivity contribution in [3.63, 3.8) is 0 Å². The topological polar surface area (TPSA) is 118 Å². The van der Waals surface area contributed by atoms with Crippen molar-refractivity contribution in [1.82, 2.24) is 10.2 Å². The van der Waals surface area contributed by atoms with Crippen LogP contribution in [0.4, 0.5) is 5.69 Å². The van der Waals surface area contributed by atoms with E-state index < -0.39 is 10.0 Å². The molecule has 0 spiro atoms. The molecule has 0 fully saturated rings. The summed E-state index contributed by atoms with van der Waals surface area (Å²) in [5, 5.41) is 16.1. The maximum atomic E-state index is 12.5. The third-order valence-corrected chi connectivity index (χ3v) is 5.64. The molecule has 0 saturated heterocycles. The predicted molar refractivity (Wildman–Crippen MR) is 116 cm³/mol. The van der Waals surface area contributed by atoms with Gasteiger partial charge in [0.1, 0.15) is 5.69 Å². The zero-order chi connectivity index (χ0) is 21.3. The molecule has 0 bridgehead atoms. The molecule has 152 valence electrons. The Balaban J connectivity index is 1.63. The van der Waals surface area contributed by atoms with Crippen LogP contribution < -0.4 is 10.5 Å². The van der Waals surface area contributed by atoms with Crippen LogP contribution in [0.25, 0.3) is 22.2 Å². The minimum atomic E-state index is -3.82. The molecule has 1 aromatic heterocycles. The van der Waals surface area contributed by atoms with Crippen LogP contribution in [-0.4, -0.2) is 24.5 Å². The quantitative estimate of drug-likeness (QED) is 0.459. The molecule has 1 amide bonds. The molecule has 0 aliphatic carbocycles. The number of H-pyrrole nitrogens is 1. The maximum absolute atomic E-state index is 12.5. The van der Waals surface area contributed by atoms with Gasteiger partial charge >= 0.3 is 0 Å². The molecule has 0 aliphatic heterocycles. The van der Waals surface area contributed by atoms with Crippen LogP contribution in [-0.2, 0) is 21.2 Å². The second-order valence-electron chi connectivity index (χ2n) is 7.12. The average molecular weight is 420 g/mol. The number of nitrogens with one attached hydrogen (secondary N) is 2. The van der Waals surface area contributed by atoms with Gasteiger partial charge in [-0.1, -0.05) is 42.0 Å². The van der Waals surface area contributed by atoms with E-state index in [0.717, 1.165) is 22.0 Å². The van der Waals surface area contributed by atoms with E-state index in [1.165, 1.54) is 12.1 Å². The average Bonchev–Trinajstić information content (AvgIpc) is 3.10. The molecule has 30 heavy (non-hydrogen) atoms. The van der Waals surface area contributed by atoms with E-state index in [1.54, 1.807) is 18.2 Å². The zero-order valence-electron chi connectivity index (χ0n) is 16.2. The first-order chi connectivity index (χ1) is 14.3. The second kappa shape index (κ2) is 7.74. The number of anilines is 1. The number of nitrogens with zero attached hydrogens (tertiary/aromatic N) is 1. The van der Waals surface area contributed by atoms with E-state index in [1.807, 2.05) is 43.3 Å². The van der Waals surface area contributed by atoms with Gasteiger partial charge in [-0.2, -0.15) is 5.10 Å². The summed E-state index contributed by atoms with van der Waals surface area (Å²) in [6, 6.07) is 19.5. The lowest BCUT2D eigenvalue weighted by Gasteiger charge is -2.07. The summed E-state index contributed by atoms with van der Waals surface area (Å²) in [6.07, 6.45) is 0.272. The van der Waals surface area contributed by atoms with Gasteiger partial charge in [-0.25, -0.2) is 13.6 Å². The summed E-state index contributed by atoms with van der Waals surface area (Å²) < 4.78 is 23.3. The number of sulfonamides is 1. The minimum Gasteiger partial charge on any atom is -0.326 e. The van der Waals surface area contributed by atoms with Crippen molar-refractivity contribution in [1.29, 1.82) is 0 Å². The number of aromatic amines is 1. The predicted octanol–water partition coefficient (Wildman–Crippen LogP) is 3.37. The number of carbonyl (C=O) groups excluding carboxylic acids is 1. The molecule has 8 heteroatoms. The van der Waals surface area contributed by atoms with Gasteiger partial charge < -0.3 is 5.32 Å². The van der Waals surface area contributed by atoms with Crippen molar-refractivity contribution in [2.24, 2.45) is 5.14 Å². The summed E-state index contributed by atoms with van der Waals surface area (Å²) >= 11 is 0. The van der Waals surface area contributed by atoms with Crippen molar-refractivity contribution >= 4 is 32.5 Å². The van der Waals surface area contributed by atoms with Crippen LogP contribution >= 0.6 is 0 Å². The normalized spacial score (nSPS) is 11.5. The fourth-order valence-corrected chi connectivity index (χ4v) is 3.90. The Labute approximate surface area is 174 Å². The highest BCUT2D eigenvalue weighted by Crippen LogP contribution is 2.29. The van der Waals surface area contributed by atoms with Crippen molar-refractivity contribution in [3.05, 3.63) is 77.9 Å². The zero-order valence-corrected chi connectivity index (χ0v) is 17.0. The lowest BCUT2D eigenvalue weighted by Crippen LogP contribution is -2.14. The Morgan fingerprint density at radius 1 is 1.07 bits per heavy atom. The highest BCUT2D eigenvalue weighted by Gasteiger charge is 2.14. The number of nitrogens with two attached hydrogens (primary N) is 1. The molecule has 0 saturated carbocycles. The van der Waals surface area contributed by atoms with Crippen molar-refractivity contribution in [2.45, 2.75) is 18.2 Å². The van der Waals surface area contributed by atoms with E-state index in [9.17, 15) is 13.2 Å². The number of benzene rings is 3. The van der Waals surface area contributed by atoms with Gasteiger partial charge in [-0.15, -0.1) is 0 Å². The van der Waals surface area contributed by atoms with Gasteiger partial charge in [0.25, 0.3) is 0 Å². The Morgan fingerprint density at radius 3 is 2.63 bits per heavy atom. The van der Waals surface area contributed by atoms with Gasteiger partial charge in [-0.3, -0.25) is 9.89 Å². The number of amides is 1. The lowest BCUT2D eigenvalue weighted by atomic mass is 10.1. The van der Waals surface area contributed by atoms with Crippen LogP contribution in [0.2, 0.25) is 0 Å². The third kappa shape index (κ3) is 4.24. The van der Waals surface area contributed by atoms with Crippen LogP contribution in [0.3, 0.4) is 0 Å². The first kappa shape index (κ1) is 19.8. The summed E-state index contributed by atoms with van der Waals surface area (Å²) in [7, 11) is -3.82. The highest BCUT2D eigenvalue weighted by atomic mass is 32.2. The Bertz CT molecular complexity index is 1360. The van der Waals surface area contributed by atoms with Gasteiger partial charge in [-0.05, 0) is 42.8 Å². The minimum absolute atomic E-state index is 0.0127. The Kier molecular flexibility index (Phi) is 5.11. The number of hydrogen-bond acceptors (Lipinski definition) is 4. The maximum Gasteiger partial charge on any atom is 0.238 e. The van der Waals surface area contributed by atoms with Crippen LogP contribution in [0.15, 0.2) is 71.6 Å². The summed E-state index contributed by atoms with van der Waals surface area (Å²) in [4.78, 5) is 12.5. The van der Waals surface area contributed by atoms with E-state index in [4.69, 9.17) is 5.14 Å². The summed E-state index contributed by atoms with van der Waals surface area (Å²) in [5.41, 5.74) is 4.62. The monoisotopic (exact) mass is 420 g/mol. The number of rotatable bonds is 5. The summed E-state index contributed by atoms with van der Waals surface area (Å²) in [5.74, 6) is -0.124. The van der Waals surface area contributed by atoms with E-state index in [2.05, 4.69) is 15.5 Å². The van der Waals surface area contributed by atoms with Crippen molar-refractivity contribution in [3.8, 4) is 11.3 Å². The molecule has 4 aromatic rings. The Morgan fingerprint density at radius 2 is 1.87 bits per heavy atom.